The smallest absolute Gasteiger partial charge is 0.262 e. The Morgan fingerprint density at radius 1 is 1.14 bits per heavy atom. The van der Waals surface area contributed by atoms with Crippen LogP contribution in [0.4, 0.5) is 18.9 Å². The Bertz CT molecular complexity index is 757. The molecule has 0 saturated carbocycles. The van der Waals surface area contributed by atoms with Crippen molar-refractivity contribution in [2.75, 3.05) is 11.9 Å². The predicted molar refractivity (Wildman–Crippen MR) is 71.6 cm³/mol. The lowest BCUT2D eigenvalue weighted by atomic mass is 10.2. The molecule has 0 unspecified atom stereocenters. The zero-order chi connectivity index (χ0) is 16.1. The molecule has 7 heteroatoms. The minimum atomic E-state index is -1.67. The van der Waals surface area contributed by atoms with Gasteiger partial charge in [0.25, 0.3) is 5.91 Å². The van der Waals surface area contributed by atoms with Gasteiger partial charge >= 0.3 is 0 Å². The highest BCUT2D eigenvalue weighted by molar-refractivity contribution is 5.92. The quantitative estimate of drug-likeness (QED) is 0.883. The maximum absolute atomic E-state index is 13.4. The van der Waals surface area contributed by atoms with Gasteiger partial charge in [0.1, 0.15) is 11.8 Å². The number of ether oxygens (including phenoxy) is 1. The summed E-state index contributed by atoms with van der Waals surface area (Å²) in [5.74, 6) is -5.11. The van der Waals surface area contributed by atoms with E-state index in [1.165, 1.54) is 12.1 Å². The van der Waals surface area contributed by atoms with Gasteiger partial charge in [0, 0.05) is 0 Å². The third-order valence-corrected chi connectivity index (χ3v) is 2.68. The van der Waals surface area contributed by atoms with Gasteiger partial charge in [-0.2, -0.15) is 5.26 Å². The van der Waals surface area contributed by atoms with Crippen LogP contribution in [0.15, 0.2) is 36.4 Å². The zero-order valence-corrected chi connectivity index (χ0v) is 11.1. The number of nitrogens with zero attached hydrogens (tertiary/aromatic N) is 1. The lowest BCUT2D eigenvalue weighted by Gasteiger charge is -2.09. The molecule has 0 aliphatic heterocycles. The van der Waals surface area contributed by atoms with Crippen LogP contribution in [0.1, 0.15) is 5.56 Å². The molecule has 2 aromatic rings. The van der Waals surface area contributed by atoms with Gasteiger partial charge in [0.2, 0.25) is 0 Å². The van der Waals surface area contributed by atoms with Gasteiger partial charge < -0.3 is 10.1 Å². The Morgan fingerprint density at radius 3 is 2.59 bits per heavy atom. The Kier molecular flexibility index (Phi) is 4.63. The fourth-order valence-electron chi connectivity index (χ4n) is 1.64. The molecular formula is C15H9F3N2O2. The van der Waals surface area contributed by atoms with Crippen LogP contribution in [-0.2, 0) is 4.79 Å². The number of hydrogen-bond acceptors (Lipinski definition) is 3. The molecule has 0 aliphatic carbocycles. The third-order valence-electron chi connectivity index (χ3n) is 2.68. The van der Waals surface area contributed by atoms with Crippen molar-refractivity contribution in [3.63, 3.8) is 0 Å². The maximum Gasteiger partial charge on any atom is 0.262 e. The van der Waals surface area contributed by atoms with Crippen molar-refractivity contribution in [2.24, 2.45) is 0 Å². The lowest BCUT2D eigenvalue weighted by molar-refractivity contribution is -0.118. The Labute approximate surface area is 123 Å². The molecular weight excluding hydrogens is 297 g/mol. The van der Waals surface area contributed by atoms with Crippen LogP contribution in [0.5, 0.6) is 5.75 Å². The molecule has 0 atom stereocenters. The first kappa shape index (κ1) is 15.4. The van der Waals surface area contributed by atoms with Crippen LogP contribution < -0.4 is 10.1 Å². The number of rotatable bonds is 4. The first-order valence-corrected chi connectivity index (χ1v) is 6.08. The van der Waals surface area contributed by atoms with Crippen LogP contribution in [-0.4, -0.2) is 12.5 Å². The largest absolute Gasteiger partial charge is 0.482 e. The number of para-hydroxylation sites is 1. The normalized spacial score (nSPS) is 9.91. The Hall–Kier alpha value is -3.01. The molecule has 1 N–H and O–H groups in total. The van der Waals surface area contributed by atoms with Gasteiger partial charge in [-0.25, -0.2) is 13.2 Å². The molecule has 0 spiro atoms. The summed E-state index contributed by atoms with van der Waals surface area (Å²) in [6.07, 6.45) is 0. The van der Waals surface area contributed by atoms with E-state index < -0.39 is 35.7 Å². The van der Waals surface area contributed by atoms with Crippen molar-refractivity contribution in [1.29, 1.82) is 5.26 Å². The predicted octanol–water partition coefficient (Wildman–Crippen LogP) is 2.99. The fourth-order valence-corrected chi connectivity index (χ4v) is 1.64. The first-order chi connectivity index (χ1) is 10.5. The van der Waals surface area contributed by atoms with Crippen molar-refractivity contribution < 1.29 is 22.7 Å². The van der Waals surface area contributed by atoms with E-state index >= 15 is 0 Å². The van der Waals surface area contributed by atoms with Gasteiger partial charge in [0.15, 0.2) is 24.1 Å². The molecule has 0 saturated heterocycles. The van der Waals surface area contributed by atoms with Gasteiger partial charge in [-0.1, -0.05) is 12.1 Å². The van der Waals surface area contributed by atoms with Gasteiger partial charge in [-0.15, -0.1) is 0 Å². The average molecular weight is 306 g/mol. The third kappa shape index (κ3) is 3.35. The number of benzene rings is 2. The van der Waals surface area contributed by atoms with Crippen molar-refractivity contribution in [3.8, 4) is 11.8 Å². The van der Waals surface area contributed by atoms with E-state index in [9.17, 15) is 18.0 Å². The van der Waals surface area contributed by atoms with Crippen LogP contribution in [0.2, 0.25) is 0 Å². The molecule has 0 radical (unpaired) electrons. The molecule has 0 fully saturated rings. The summed E-state index contributed by atoms with van der Waals surface area (Å²) >= 11 is 0. The number of anilines is 1. The SMILES string of the molecule is N#Cc1ccccc1OCC(=O)Nc1ccc(F)c(F)c1F. The van der Waals surface area contributed by atoms with Crippen molar-refractivity contribution in [3.05, 3.63) is 59.4 Å². The van der Waals surface area contributed by atoms with E-state index in [4.69, 9.17) is 10.00 Å². The first-order valence-electron chi connectivity index (χ1n) is 6.08. The molecule has 0 bridgehead atoms. The summed E-state index contributed by atoms with van der Waals surface area (Å²) in [4.78, 5) is 11.6. The standard InChI is InChI=1S/C15H9F3N2O2/c16-10-5-6-11(15(18)14(10)17)20-13(21)8-22-12-4-2-1-3-9(12)7-19/h1-6H,8H2,(H,20,21). The summed E-state index contributed by atoms with van der Waals surface area (Å²) in [6.45, 7) is -0.517. The molecule has 0 heterocycles. The minimum absolute atomic E-state index is 0.186. The van der Waals surface area contributed by atoms with Crippen LogP contribution in [0.25, 0.3) is 0 Å². The van der Waals surface area contributed by atoms with Crippen molar-refractivity contribution in [1.82, 2.24) is 0 Å². The summed E-state index contributed by atoms with van der Waals surface area (Å²) in [5.41, 5.74) is -0.268. The molecule has 1 amide bonds. The van der Waals surface area contributed by atoms with Crippen LogP contribution in [0.3, 0.4) is 0 Å². The lowest BCUT2D eigenvalue weighted by Crippen LogP contribution is -2.21. The highest BCUT2D eigenvalue weighted by Gasteiger charge is 2.15. The number of nitrogens with one attached hydrogen (secondary N) is 1. The minimum Gasteiger partial charge on any atom is -0.482 e. The molecule has 2 rings (SSSR count). The average Bonchev–Trinajstić information content (AvgIpc) is 2.53. The number of halogens is 3. The topological polar surface area (TPSA) is 62.1 Å². The molecule has 0 aliphatic rings. The van der Waals surface area contributed by atoms with E-state index in [1.807, 2.05) is 6.07 Å². The van der Waals surface area contributed by atoms with Crippen LogP contribution >= 0.6 is 0 Å². The summed E-state index contributed by atoms with van der Waals surface area (Å²) in [6, 6.07) is 9.71. The summed E-state index contributed by atoms with van der Waals surface area (Å²) < 4.78 is 44.3. The zero-order valence-electron chi connectivity index (χ0n) is 11.1. The second-order valence-corrected chi connectivity index (χ2v) is 4.17. The van der Waals surface area contributed by atoms with E-state index in [2.05, 4.69) is 5.32 Å². The number of hydrogen-bond donors (Lipinski definition) is 1. The Balaban J connectivity index is 2.03. The maximum atomic E-state index is 13.4. The van der Waals surface area contributed by atoms with Gasteiger partial charge in [-0.05, 0) is 24.3 Å². The molecule has 112 valence electrons. The van der Waals surface area contributed by atoms with Crippen molar-refractivity contribution in [2.45, 2.75) is 0 Å². The monoisotopic (exact) mass is 306 g/mol. The fraction of sp³-hybridized carbons (Fsp3) is 0.0667. The second-order valence-electron chi connectivity index (χ2n) is 4.17. The van der Waals surface area contributed by atoms with Gasteiger partial charge in [0.05, 0.1) is 11.3 Å². The van der Waals surface area contributed by atoms with Crippen LogP contribution in [0, 0.1) is 28.8 Å². The summed E-state index contributed by atoms with van der Waals surface area (Å²) in [5, 5.41) is 10.9. The number of carbonyl (C=O) groups excluding carboxylic acids is 1. The van der Waals surface area contributed by atoms with E-state index in [-0.39, 0.29) is 11.3 Å². The number of carbonyl (C=O) groups is 1. The molecule has 0 aromatic heterocycles. The number of amides is 1. The summed E-state index contributed by atoms with van der Waals surface area (Å²) in [7, 11) is 0. The van der Waals surface area contributed by atoms with Crippen molar-refractivity contribution >= 4 is 11.6 Å². The number of nitriles is 1. The van der Waals surface area contributed by atoms with E-state index in [1.54, 1.807) is 12.1 Å². The molecule has 2 aromatic carbocycles. The van der Waals surface area contributed by atoms with E-state index in [0.29, 0.717) is 6.07 Å². The highest BCUT2D eigenvalue weighted by atomic mass is 19.2. The van der Waals surface area contributed by atoms with E-state index in [0.717, 1.165) is 6.07 Å². The molecule has 4 nitrogen and oxygen atoms in total. The highest BCUT2D eigenvalue weighted by Crippen LogP contribution is 2.20. The van der Waals surface area contributed by atoms with Gasteiger partial charge in [-0.3, -0.25) is 4.79 Å². The Morgan fingerprint density at radius 2 is 1.86 bits per heavy atom. The molecule has 22 heavy (non-hydrogen) atoms. The second kappa shape index (κ2) is 6.63.